The minimum Gasteiger partial charge on any atom is -0.332 e. The first-order valence-electron chi connectivity index (χ1n) is 5.80. The van der Waals surface area contributed by atoms with Crippen LogP contribution < -0.4 is 0 Å². The molecule has 0 fully saturated rings. The van der Waals surface area contributed by atoms with Gasteiger partial charge in [0, 0.05) is 19.1 Å². The summed E-state index contributed by atoms with van der Waals surface area (Å²) in [6.45, 7) is 7.25. The zero-order valence-corrected chi connectivity index (χ0v) is 11.2. The number of aromatic amines is 1. The summed E-state index contributed by atoms with van der Waals surface area (Å²) in [5.41, 5.74) is 0. The fourth-order valence-corrected chi connectivity index (χ4v) is 1.85. The summed E-state index contributed by atoms with van der Waals surface area (Å²) in [7, 11) is 3.98. The van der Waals surface area contributed by atoms with Crippen LogP contribution in [-0.4, -0.2) is 64.1 Å². The number of carbonyl (C=O) groups excluding carboxylic acids is 1. The van der Waals surface area contributed by atoms with Crippen LogP contribution in [0.3, 0.4) is 0 Å². The number of aromatic nitrogens is 3. The Morgan fingerprint density at radius 2 is 2.12 bits per heavy atom. The lowest BCUT2D eigenvalue weighted by atomic mass is 10.2. The normalized spacial score (nSPS) is 12.8. The molecule has 1 unspecified atom stereocenters. The van der Waals surface area contributed by atoms with Gasteiger partial charge in [0.25, 0.3) is 5.91 Å². The van der Waals surface area contributed by atoms with Crippen LogP contribution >= 0.6 is 0 Å². The van der Waals surface area contributed by atoms with Gasteiger partial charge in [0.05, 0.1) is 0 Å². The van der Waals surface area contributed by atoms with Crippen LogP contribution in [0.2, 0.25) is 0 Å². The van der Waals surface area contributed by atoms with Crippen LogP contribution in [0.4, 0.5) is 0 Å². The maximum Gasteiger partial charge on any atom is 0.293 e. The van der Waals surface area contributed by atoms with Gasteiger partial charge >= 0.3 is 0 Å². The summed E-state index contributed by atoms with van der Waals surface area (Å²) in [6.07, 6.45) is 0. The molecule has 96 valence electrons. The molecule has 0 aliphatic carbocycles. The third-order valence-corrected chi connectivity index (χ3v) is 2.55. The molecule has 0 bridgehead atoms. The van der Waals surface area contributed by atoms with Gasteiger partial charge in [0.1, 0.15) is 5.82 Å². The number of hydrogen-bond acceptors (Lipinski definition) is 4. The summed E-state index contributed by atoms with van der Waals surface area (Å²) in [5, 5.41) is 6.59. The van der Waals surface area contributed by atoms with Crippen molar-refractivity contribution in [3.8, 4) is 0 Å². The fraction of sp³-hybridized carbons (Fsp3) is 0.727. The van der Waals surface area contributed by atoms with Crippen LogP contribution in [0.5, 0.6) is 0 Å². The molecule has 1 heterocycles. The molecule has 0 spiro atoms. The lowest BCUT2D eigenvalue weighted by Gasteiger charge is -2.29. The number of likely N-dealkylation sites (N-methyl/N-ethyl adjacent to an activating group) is 2. The van der Waals surface area contributed by atoms with Gasteiger partial charge in [-0.25, -0.2) is 4.98 Å². The third kappa shape index (κ3) is 3.52. The Morgan fingerprint density at radius 1 is 1.47 bits per heavy atom. The number of hydrogen-bond donors (Lipinski definition) is 1. The Kier molecular flexibility index (Phi) is 4.62. The molecule has 1 rings (SSSR count). The highest BCUT2D eigenvalue weighted by atomic mass is 16.2. The summed E-state index contributed by atoms with van der Waals surface area (Å²) in [6, 6.07) is 0.140. The summed E-state index contributed by atoms with van der Waals surface area (Å²) in [5.74, 6) is 0.783. The molecule has 0 aromatic carbocycles. The van der Waals surface area contributed by atoms with Crippen LogP contribution in [-0.2, 0) is 0 Å². The molecule has 0 aliphatic rings. The van der Waals surface area contributed by atoms with Crippen molar-refractivity contribution >= 4 is 5.91 Å². The predicted molar refractivity (Wildman–Crippen MR) is 65.8 cm³/mol. The van der Waals surface area contributed by atoms with Crippen LogP contribution in [0.1, 0.15) is 30.3 Å². The Balaban J connectivity index is 2.76. The largest absolute Gasteiger partial charge is 0.332 e. The zero-order chi connectivity index (χ0) is 13.0. The molecule has 1 aromatic heterocycles. The fourth-order valence-electron chi connectivity index (χ4n) is 1.85. The number of rotatable bonds is 5. The van der Waals surface area contributed by atoms with Crippen molar-refractivity contribution < 1.29 is 4.79 Å². The standard InChI is InChI=1S/C11H21N5O/c1-6-16(8(2)7-15(4)5)11(17)10-12-9(3)13-14-10/h8H,6-7H2,1-5H3,(H,12,13,14). The van der Waals surface area contributed by atoms with E-state index in [0.29, 0.717) is 12.4 Å². The van der Waals surface area contributed by atoms with Gasteiger partial charge in [-0.3, -0.25) is 9.89 Å². The minimum absolute atomic E-state index is 0.119. The van der Waals surface area contributed by atoms with Crippen molar-refractivity contribution in [2.24, 2.45) is 0 Å². The summed E-state index contributed by atoms with van der Waals surface area (Å²) >= 11 is 0. The van der Waals surface area contributed by atoms with E-state index in [1.807, 2.05) is 27.9 Å². The van der Waals surface area contributed by atoms with Crippen molar-refractivity contribution in [3.05, 3.63) is 11.6 Å². The smallest absolute Gasteiger partial charge is 0.293 e. The molecule has 6 nitrogen and oxygen atoms in total. The van der Waals surface area contributed by atoms with E-state index in [0.717, 1.165) is 6.54 Å². The van der Waals surface area contributed by atoms with Crippen molar-refractivity contribution in [2.75, 3.05) is 27.2 Å². The lowest BCUT2D eigenvalue weighted by molar-refractivity contribution is 0.0667. The first kappa shape index (κ1) is 13.6. The topological polar surface area (TPSA) is 65.1 Å². The second kappa shape index (κ2) is 5.77. The number of aryl methyl sites for hydroxylation is 1. The maximum atomic E-state index is 12.2. The lowest BCUT2D eigenvalue weighted by Crippen LogP contribution is -2.44. The molecular weight excluding hydrogens is 218 g/mol. The van der Waals surface area contributed by atoms with E-state index >= 15 is 0 Å². The quantitative estimate of drug-likeness (QED) is 0.814. The molecule has 0 saturated carbocycles. The zero-order valence-electron chi connectivity index (χ0n) is 11.2. The number of amides is 1. The van der Waals surface area contributed by atoms with E-state index in [2.05, 4.69) is 20.1 Å². The molecule has 6 heteroatoms. The highest BCUT2D eigenvalue weighted by Gasteiger charge is 2.23. The molecular formula is C11H21N5O. The first-order valence-corrected chi connectivity index (χ1v) is 5.80. The second-order valence-corrected chi connectivity index (χ2v) is 4.45. The van der Waals surface area contributed by atoms with Gasteiger partial charge in [-0.05, 0) is 34.9 Å². The molecule has 1 aromatic rings. The van der Waals surface area contributed by atoms with Gasteiger partial charge in [-0.2, -0.15) is 0 Å². The minimum atomic E-state index is -0.119. The Bertz CT molecular complexity index is 374. The Hall–Kier alpha value is -1.43. The van der Waals surface area contributed by atoms with Crippen LogP contribution in [0, 0.1) is 6.92 Å². The number of H-pyrrole nitrogens is 1. The van der Waals surface area contributed by atoms with Crippen LogP contribution in [0.15, 0.2) is 0 Å². The SMILES string of the molecule is CCN(C(=O)c1n[nH]c(C)n1)C(C)CN(C)C. The highest BCUT2D eigenvalue weighted by molar-refractivity contribution is 5.90. The second-order valence-electron chi connectivity index (χ2n) is 4.45. The number of nitrogens with one attached hydrogen (secondary N) is 1. The van der Waals surface area contributed by atoms with Crippen molar-refractivity contribution in [2.45, 2.75) is 26.8 Å². The average molecular weight is 239 g/mol. The number of carbonyl (C=O) groups is 1. The number of nitrogens with zero attached hydrogens (tertiary/aromatic N) is 4. The van der Waals surface area contributed by atoms with E-state index in [4.69, 9.17) is 0 Å². The van der Waals surface area contributed by atoms with E-state index in [-0.39, 0.29) is 17.8 Å². The predicted octanol–water partition coefficient (Wildman–Crippen LogP) is 0.525. The molecule has 1 amide bonds. The molecule has 0 radical (unpaired) electrons. The van der Waals surface area contributed by atoms with Gasteiger partial charge in [0.15, 0.2) is 0 Å². The Labute approximate surface area is 102 Å². The van der Waals surface area contributed by atoms with Gasteiger partial charge in [-0.15, -0.1) is 5.10 Å². The molecule has 1 N–H and O–H groups in total. The monoisotopic (exact) mass is 239 g/mol. The van der Waals surface area contributed by atoms with Crippen LogP contribution in [0.25, 0.3) is 0 Å². The van der Waals surface area contributed by atoms with E-state index < -0.39 is 0 Å². The third-order valence-electron chi connectivity index (χ3n) is 2.55. The average Bonchev–Trinajstić information content (AvgIpc) is 2.64. The van der Waals surface area contributed by atoms with Gasteiger partial charge < -0.3 is 9.80 Å². The Morgan fingerprint density at radius 3 is 2.53 bits per heavy atom. The molecule has 0 aliphatic heterocycles. The van der Waals surface area contributed by atoms with Gasteiger partial charge in [0.2, 0.25) is 5.82 Å². The van der Waals surface area contributed by atoms with E-state index in [1.54, 1.807) is 11.8 Å². The summed E-state index contributed by atoms with van der Waals surface area (Å²) in [4.78, 5) is 20.1. The first-order chi connectivity index (χ1) is 7.95. The molecule has 1 atom stereocenters. The van der Waals surface area contributed by atoms with E-state index in [1.165, 1.54) is 0 Å². The van der Waals surface area contributed by atoms with Gasteiger partial charge in [-0.1, -0.05) is 0 Å². The summed E-state index contributed by atoms with van der Waals surface area (Å²) < 4.78 is 0. The molecule has 17 heavy (non-hydrogen) atoms. The van der Waals surface area contributed by atoms with Crippen molar-refractivity contribution in [1.82, 2.24) is 25.0 Å². The maximum absolute atomic E-state index is 12.2. The van der Waals surface area contributed by atoms with E-state index in [9.17, 15) is 4.79 Å². The molecule has 0 saturated heterocycles. The highest BCUT2D eigenvalue weighted by Crippen LogP contribution is 2.05. The van der Waals surface area contributed by atoms with Crippen molar-refractivity contribution in [1.29, 1.82) is 0 Å². The van der Waals surface area contributed by atoms with Crippen molar-refractivity contribution in [3.63, 3.8) is 0 Å².